The van der Waals surface area contributed by atoms with Crippen molar-refractivity contribution in [3.8, 4) is 0 Å². The Kier molecular flexibility index (Phi) is 5.77. The Hall–Kier alpha value is -0.0800. The van der Waals surface area contributed by atoms with Crippen LogP contribution in [0.15, 0.2) is 0 Å². The minimum atomic E-state index is 0.0374. The van der Waals surface area contributed by atoms with E-state index in [2.05, 4.69) is 26.1 Å². The molecular weight excluding hydrogens is 198 g/mol. The van der Waals surface area contributed by atoms with Gasteiger partial charge in [0.15, 0.2) is 0 Å². The Morgan fingerprint density at radius 1 is 1.38 bits per heavy atom. The molecule has 0 bridgehead atoms. The number of rotatable bonds is 9. The summed E-state index contributed by atoms with van der Waals surface area (Å²) in [5.74, 6) is 1.01. The van der Waals surface area contributed by atoms with Crippen molar-refractivity contribution in [2.24, 2.45) is 5.92 Å². The molecule has 0 aromatic rings. The van der Waals surface area contributed by atoms with Crippen molar-refractivity contribution in [2.75, 3.05) is 13.7 Å². The smallest absolute Gasteiger partial charge is 0.0623 e. The van der Waals surface area contributed by atoms with Crippen LogP contribution in [0, 0.1) is 5.92 Å². The zero-order valence-corrected chi connectivity index (χ0v) is 11.5. The van der Waals surface area contributed by atoms with Gasteiger partial charge in [0.05, 0.1) is 5.60 Å². The summed E-state index contributed by atoms with van der Waals surface area (Å²) < 4.78 is 5.49. The molecule has 1 fully saturated rings. The van der Waals surface area contributed by atoms with Gasteiger partial charge in [-0.15, -0.1) is 0 Å². The van der Waals surface area contributed by atoms with Crippen molar-refractivity contribution in [2.45, 2.75) is 70.9 Å². The molecule has 0 saturated heterocycles. The highest BCUT2D eigenvalue weighted by molar-refractivity contribution is 4.82. The minimum Gasteiger partial charge on any atom is -0.379 e. The van der Waals surface area contributed by atoms with Crippen LogP contribution < -0.4 is 5.32 Å². The normalized spacial score (nSPS) is 18.8. The predicted octanol–water partition coefficient (Wildman–Crippen LogP) is 3.36. The van der Waals surface area contributed by atoms with Crippen LogP contribution in [0.4, 0.5) is 0 Å². The van der Waals surface area contributed by atoms with Gasteiger partial charge in [-0.05, 0) is 52.0 Å². The lowest BCUT2D eigenvalue weighted by molar-refractivity contribution is 0.0114. The maximum absolute atomic E-state index is 5.49. The van der Waals surface area contributed by atoms with Gasteiger partial charge < -0.3 is 10.1 Å². The SMILES string of the molecule is CCCNC(CCC(C)(C)OC)CC1CC1. The lowest BCUT2D eigenvalue weighted by Gasteiger charge is -2.26. The Morgan fingerprint density at radius 2 is 2.06 bits per heavy atom. The summed E-state index contributed by atoms with van der Waals surface area (Å²) in [4.78, 5) is 0. The van der Waals surface area contributed by atoms with Gasteiger partial charge in [-0.2, -0.15) is 0 Å². The van der Waals surface area contributed by atoms with E-state index in [1.54, 1.807) is 0 Å². The molecule has 0 amide bonds. The topological polar surface area (TPSA) is 21.3 Å². The highest BCUT2D eigenvalue weighted by Crippen LogP contribution is 2.34. The fourth-order valence-corrected chi connectivity index (χ4v) is 2.03. The van der Waals surface area contributed by atoms with Crippen molar-refractivity contribution in [3.63, 3.8) is 0 Å². The number of methoxy groups -OCH3 is 1. The second-order valence-corrected chi connectivity index (χ2v) is 5.83. The monoisotopic (exact) mass is 227 g/mol. The standard InChI is InChI=1S/C14H29NO/c1-5-10-15-13(11-12-6-7-12)8-9-14(2,3)16-4/h12-13,15H,5-11H2,1-4H3. The van der Waals surface area contributed by atoms with Gasteiger partial charge in [0, 0.05) is 13.2 Å². The minimum absolute atomic E-state index is 0.0374. The first-order chi connectivity index (χ1) is 7.57. The lowest BCUT2D eigenvalue weighted by atomic mass is 9.96. The Balaban J connectivity index is 2.24. The lowest BCUT2D eigenvalue weighted by Crippen LogP contribution is -2.33. The molecule has 0 aromatic carbocycles. The van der Waals surface area contributed by atoms with E-state index >= 15 is 0 Å². The molecule has 0 radical (unpaired) electrons. The molecule has 1 aliphatic rings. The van der Waals surface area contributed by atoms with E-state index in [4.69, 9.17) is 4.74 Å². The van der Waals surface area contributed by atoms with E-state index in [9.17, 15) is 0 Å². The molecule has 1 unspecified atom stereocenters. The molecular formula is C14H29NO. The van der Waals surface area contributed by atoms with E-state index in [1.165, 1.54) is 32.1 Å². The summed E-state index contributed by atoms with van der Waals surface area (Å²) in [5.41, 5.74) is 0.0374. The van der Waals surface area contributed by atoms with E-state index in [0.29, 0.717) is 6.04 Å². The molecule has 0 aliphatic heterocycles. The largest absolute Gasteiger partial charge is 0.379 e. The summed E-state index contributed by atoms with van der Waals surface area (Å²) in [6.45, 7) is 7.76. The second kappa shape index (κ2) is 6.61. The van der Waals surface area contributed by atoms with Gasteiger partial charge in [-0.25, -0.2) is 0 Å². The van der Waals surface area contributed by atoms with Crippen molar-refractivity contribution in [1.29, 1.82) is 0 Å². The van der Waals surface area contributed by atoms with E-state index in [1.807, 2.05) is 7.11 Å². The molecule has 2 heteroatoms. The maximum atomic E-state index is 5.49. The molecule has 2 nitrogen and oxygen atoms in total. The fourth-order valence-electron chi connectivity index (χ4n) is 2.03. The number of ether oxygens (including phenoxy) is 1. The third-order valence-electron chi connectivity index (χ3n) is 3.65. The van der Waals surface area contributed by atoms with Crippen molar-refractivity contribution in [3.05, 3.63) is 0 Å². The van der Waals surface area contributed by atoms with Gasteiger partial charge in [0.25, 0.3) is 0 Å². The number of hydrogen-bond acceptors (Lipinski definition) is 2. The Bertz CT molecular complexity index is 187. The van der Waals surface area contributed by atoms with Crippen molar-refractivity contribution < 1.29 is 4.74 Å². The quantitative estimate of drug-likeness (QED) is 0.652. The molecule has 96 valence electrons. The molecule has 16 heavy (non-hydrogen) atoms. The summed E-state index contributed by atoms with van der Waals surface area (Å²) in [5, 5.41) is 3.68. The first-order valence-electron chi connectivity index (χ1n) is 6.86. The van der Waals surface area contributed by atoms with Crippen molar-refractivity contribution >= 4 is 0 Å². The Morgan fingerprint density at radius 3 is 2.56 bits per heavy atom. The van der Waals surface area contributed by atoms with Crippen LogP contribution >= 0.6 is 0 Å². The van der Waals surface area contributed by atoms with Crippen LogP contribution in [0.3, 0.4) is 0 Å². The fraction of sp³-hybridized carbons (Fsp3) is 1.00. The molecule has 1 N–H and O–H groups in total. The summed E-state index contributed by atoms with van der Waals surface area (Å²) in [6, 6.07) is 0.710. The summed E-state index contributed by atoms with van der Waals surface area (Å²) in [7, 11) is 1.81. The van der Waals surface area contributed by atoms with Crippen molar-refractivity contribution in [1.82, 2.24) is 5.32 Å². The highest BCUT2D eigenvalue weighted by Gasteiger charge is 2.26. The van der Waals surface area contributed by atoms with Gasteiger partial charge in [0.2, 0.25) is 0 Å². The highest BCUT2D eigenvalue weighted by atomic mass is 16.5. The third kappa shape index (κ3) is 5.86. The van der Waals surface area contributed by atoms with E-state index in [0.717, 1.165) is 18.9 Å². The Labute approximate surface area is 101 Å². The third-order valence-corrected chi connectivity index (χ3v) is 3.65. The molecule has 1 saturated carbocycles. The maximum Gasteiger partial charge on any atom is 0.0623 e. The first kappa shape index (κ1) is 14.0. The number of nitrogens with one attached hydrogen (secondary N) is 1. The van der Waals surface area contributed by atoms with Gasteiger partial charge in [0.1, 0.15) is 0 Å². The van der Waals surface area contributed by atoms with Crippen LogP contribution in [0.5, 0.6) is 0 Å². The number of hydrogen-bond donors (Lipinski definition) is 1. The van der Waals surface area contributed by atoms with Crippen LogP contribution in [-0.4, -0.2) is 25.3 Å². The van der Waals surface area contributed by atoms with Gasteiger partial charge in [-0.3, -0.25) is 0 Å². The van der Waals surface area contributed by atoms with E-state index in [-0.39, 0.29) is 5.60 Å². The summed E-state index contributed by atoms with van der Waals surface area (Å²) >= 11 is 0. The molecule has 1 rings (SSSR count). The van der Waals surface area contributed by atoms with E-state index < -0.39 is 0 Å². The molecule has 1 aliphatic carbocycles. The first-order valence-corrected chi connectivity index (χ1v) is 6.86. The van der Waals surface area contributed by atoms with Crippen LogP contribution in [-0.2, 0) is 4.74 Å². The summed E-state index contributed by atoms with van der Waals surface area (Å²) in [6.07, 6.45) is 7.92. The second-order valence-electron chi connectivity index (χ2n) is 5.83. The van der Waals surface area contributed by atoms with Crippen LogP contribution in [0.1, 0.15) is 59.3 Å². The zero-order chi connectivity index (χ0) is 12.0. The van der Waals surface area contributed by atoms with Gasteiger partial charge in [-0.1, -0.05) is 19.8 Å². The average Bonchev–Trinajstić information content (AvgIpc) is 3.06. The predicted molar refractivity (Wildman–Crippen MR) is 69.7 cm³/mol. The van der Waals surface area contributed by atoms with Crippen LogP contribution in [0.25, 0.3) is 0 Å². The molecule has 0 spiro atoms. The zero-order valence-electron chi connectivity index (χ0n) is 11.5. The molecule has 0 aromatic heterocycles. The van der Waals surface area contributed by atoms with Gasteiger partial charge >= 0.3 is 0 Å². The molecule has 1 atom stereocenters. The average molecular weight is 227 g/mol. The van der Waals surface area contributed by atoms with Crippen LogP contribution in [0.2, 0.25) is 0 Å². The molecule has 0 heterocycles.